The van der Waals surface area contributed by atoms with Gasteiger partial charge >= 0.3 is 0 Å². The van der Waals surface area contributed by atoms with Crippen molar-refractivity contribution in [1.29, 1.82) is 0 Å². The van der Waals surface area contributed by atoms with Gasteiger partial charge in [0, 0.05) is 17.8 Å². The average Bonchev–Trinajstić information content (AvgIpc) is 2.08. The molecule has 0 atom stereocenters. The summed E-state index contributed by atoms with van der Waals surface area (Å²) in [7, 11) is 0. The van der Waals surface area contributed by atoms with E-state index >= 15 is 0 Å². The molecule has 2 nitrogen and oxygen atoms in total. The van der Waals surface area contributed by atoms with Crippen molar-refractivity contribution in [3.05, 3.63) is 29.1 Å². The molecule has 0 bridgehead atoms. The van der Waals surface area contributed by atoms with E-state index in [1.165, 1.54) is 5.56 Å². The number of aryl methyl sites for hydroxylation is 3. The van der Waals surface area contributed by atoms with Crippen LogP contribution in [0.1, 0.15) is 36.7 Å². The van der Waals surface area contributed by atoms with Crippen LogP contribution in [0.4, 0.5) is 0 Å². The SMILES string of the molecule is CC(=O)CCCc1ccc(C)nc1C. The number of hydrogen-bond acceptors (Lipinski definition) is 2. The van der Waals surface area contributed by atoms with Gasteiger partial charge in [-0.05, 0) is 45.2 Å². The summed E-state index contributed by atoms with van der Waals surface area (Å²) in [4.78, 5) is 15.1. The maximum atomic E-state index is 10.8. The predicted octanol–water partition coefficient (Wildman–Crippen LogP) is 2.61. The van der Waals surface area contributed by atoms with Crippen molar-refractivity contribution < 1.29 is 4.79 Å². The second kappa shape index (κ2) is 4.89. The molecule has 0 spiro atoms. The molecule has 0 aromatic carbocycles. The number of nitrogens with zero attached hydrogens (tertiary/aromatic N) is 1. The molecule has 76 valence electrons. The van der Waals surface area contributed by atoms with Crippen LogP contribution in [-0.2, 0) is 11.2 Å². The van der Waals surface area contributed by atoms with Crippen LogP contribution in [0.5, 0.6) is 0 Å². The van der Waals surface area contributed by atoms with E-state index in [0.717, 1.165) is 24.2 Å². The van der Waals surface area contributed by atoms with Crippen molar-refractivity contribution in [2.45, 2.75) is 40.0 Å². The summed E-state index contributed by atoms with van der Waals surface area (Å²) in [5.41, 5.74) is 3.41. The Kier molecular flexibility index (Phi) is 3.81. The van der Waals surface area contributed by atoms with Crippen molar-refractivity contribution >= 4 is 5.78 Å². The van der Waals surface area contributed by atoms with E-state index in [1.807, 2.05) is 19.9 Å². The van der Waals surface area contributed by atoms with Crippen LogP contribution in [-0.4, -0.2) is 10.8 Å². The standard InChI is InChI=1S/C12H17NO/c1-9-7-8-12(11(3)13-9)6-4-5-10(2)14/h7-8H,4-6H2,1-3H3. The fourth-order valence-corrected chi connectivity index (χ4v) is 1.51. The van der Waals surface area contributed by atoms with Crippen LogP contribution in [0.15, 0.2) is 12.1 Å². The van der Waals surface area contributed by atoms with Gasteiger partial charge in [0.05, 0.1) is 0 Å². The van der Waals surface area contributed by atoms with Gasteiger partial charge in [0.15, 0.2) is 0 Å². The Hall–Kier alpha value is -1.18. The zero-order valence-corrected chi connectivity index (χ0v) is 9.13. The Morgan fingerprint density at radius 2 is 2.07 bits per heavy atom. The first kappa shape index (κ1) is 10.9. The fraction of sp³-hybridized carbons (Fsp3) is 0.500. The molecule has 0 fully saturated rings. The molecule has 0 N–H and O–H groups in total. The first-order chi connectivity index (χ1) is 6.59. The number of aromatic nitrogens is 1. The third kappa shape index (κ3) is 3.29. The van der Waals surface area contributed by atoms with Crippen molar-refractivity contribution in [1.82, 2.24) is 4.98 Å². The quantitative estimate of drug-likeness (QED) is 0.732. The van der Waals surface area contributed by atoms with Gasteiger partial charge in [-0.1, -0.05) is 6.07 Å². The lowest BCUT2D eigenvalue weighted by Gasteiger charge is -2.04. The normalized spacial score (nSPS) is 10.2. The summed E-state index contributed by atoms with van der Waals surface area (Å²) in [5.74, 6) is 0.266. The maximum Gasteiger partial charge on any atom is 0.129 e. The van der Waals surface area contributed by atoms with E-state index in [1.54, 1.807) is 6.92 Å². The third-order valence-electron chi connectivity index (χ3n) is 2.31. The lowest BCUT2D eigenvalue weighted by molar-refractivity contribution is -0.117. The van der Waals surface area contributed by atoms with Gasteiger partial charge in [-0.3, -0.25) is 4.98 Å². The minimum atomic E-state index is 0.266. The summed E-state index contributed by atoms with van der Waals surface area (Å²) in [6.07, 6.45) is 2.56. The summed E-state index contributed by atoms with van der Waals surface area (Å²) < 4.78 is 0. The fourth-order valence-electron chi connectivity index (χ4n) is 1.51. The van der Waals surface area contributed by atoms with Crippen molar-refractivity contribution in [3.63, 3.8) is 0 Å². The molecular weight excluding hydrogens is 174 g/mol. The molecule has 0 radical (unpaired) electrons. The van der Waals surface area contributed by atoms with Gasteiger partial charge in [0.25, 0.3) is 0 Å². The Morgan fingerprint density at radius 1 is 1.36 bits per heavy atom. The molecule has 0 aliphatic rings. The largest absolute Gasteiger partial charge is 0.300 e. The molecule has 0 aliphatic heterocycles. The highest BCUT2D eigenvalue weighted by Gasteiger charge is 2.00. The van der Waals surface area contributed by atoms with Crippen LogP contribution in [0.2, 0.25) is 0 Å². The minimum absolute atomic E-state index is 0.266. The lowest BCUT2D eigenvalue weighted by atomic mass is 10.1. The molecule has 0 unspecified atom stereocenters. The number of Topliss-reactive ketones (excluding diaryl/α,β-unsaturated/α-hetero) is 1. The topological polar surface area (TPSA) is 30.0 Å². The van der Waals surface area contributed by atoms with Crippen LogP contribution in [0, 0.1) is 13.8 Å². The van der Waals surface area contributed by atoms with E-state index < -0.39 is 0 Å². The van der Waals surface area contributed by atoms with Gasteiger partial charge in [-0.25, -0.2) is 0 Å². The second-order valence-corrected chi connectivity index (χ2v) is 3.75. The monoisotopic (exact) mass is 191 g/mol. The number of carbonyl (C=O) groups is 1. The molecule has 2 heteroatoms. The number of hydrogen-bond donors (Lipinski definition) is 0. The molecule has 14 heavy (non-hydrogen) atoms. The summed E-state index contributed by atoms with van der Waals surface area (Å²) in [6, 6.07) is 4.13. The Morgan fingerprint density at radius 3 is 2.64 bits per heavy atom. The number of carbonyl (C=O) groups excluding carboxylic acids is 1. The first-order valence-corrected chi connectivity index (χ1v) is 5.02. The number of rotatable bonds is 4. The molecule has 0 amide bonds. The smallest absolute Gasteiger partial charge is 0.129 e. The van der Waals surface area contributed by atoms with Gasteiger partial charge in [-0.15, -0.1) is 0 Å². The van der Waals surface area contributed by atoms with Crippen molar-refractivity contribution in [2.75, 3.05) is 0 Å². The molecular formula is C12H17NO. The molecule has 0 aliphatic carbocycles. The number of ketones is 1. The number of pyridine rings is 1. The third-order valence-corrected chi connectivity index (χ3v) is 2.31. The van der Waals surface area contributed by atoms with E-state index in [0.29, 0.717) is 6.42 Å². The second-order valence-electron chi connectivity index (χ2n) is 3.75. The van der Waals surface area contributed by atoms with Gasteiger partial charge in [0.2, 0.25) is 0 Å². The highest BCUT2D eigenvalue weighted by Crippen LogP contribution is 2.10. The average molecular weight is 191 g/mol. The molecule has 0 saturated heterocycles. The van der Waals surface area contributed by atoms with Crippen molar-refractivity contribution in [3.8, 4) is 0 Å². The van der Waals surface area contributed by atoms with E-state index in [2.05, 4.69) is 11.1 Å². The van der Waals surface area contributed by atoms with Crippen LogP contribution >= 0.6 is 0 Å². The Labute approximate surface area is 85.4 Å². The predicted molar refractivity (Wildman–Crippen MR) is 57.3 cm³/mol. The van der Waals surface area contributed by atoms with Gasteiger partial charge < -0.3 is 4.79 Å². The Bertz CT molecular complexity index is 331. The highest BCUT2D eigenvalue weighted by atomic mass is 16.1. The van der Waals surface area contributed by atoms with Gasteiger partial charge in [-0.2, -0.15) is 0 Å². The summed E-state index contributed by atoms with van der Waals surface area (Å²) >= 11 is 0. The zero-order chi connectivity index (χ0) is 10.6. The Balaban J connectivity index is 2.55. The maximum absolute atomic E-state index is 10.8. The summed E-state index contributed by atoms with van der Waals surface area (Å²) in [6.45, 7) is 5.66. The minimum Gasteiger partial charge on any atom is -0.300 e. The van der Waals surface area contributed by atoms with Gasteiger partial charge in [0.1, 0.15) is 5.78 Å². The van der Waals surface area contributed by atoms with Crippen molar-refractivity contribution in [2.24, 2.45) is 0 Å². The molecule has 0 saturated carbocycles. The molecule has 1 rings (SSSR count). The first-order valence-electron chi connectivity index (χ1n) is 5.02. The van der Waals surface area contributed by atoms with Crippen LogP contribution in [0.25, 0.3) is 0 Å². The molecule has 1 heterocycles. The molecule has 1 aromatic heterocycles. The molecule has 1 aromatic rings. The zero-order valence-electron chi connectivity index (χ0n) is 9.13. The summed E-state index contributed by atoms with van der Waals surface area (Å²) in [5, 5.41) is 0. The highest BCUT2D eigenvalue weighted by molar-refractivity contribution is 5.75. The van der Waals surface area contributed by atoms with E-state index in [4.69, 9.17) is 0 Å². The van der Waals surface area contributed by atoms with E-state index in [9.17, 15) is 4.79 Å². The lowest BCUT2D eigenvalue weighted by Crippen LogP contribution is -1.97. The van der Waals surface area contributed by atoms with E-state index in [-0.39, 0.29) is 5.78 Å². The van der Waals surface area contributed by atoms with Crippen LogP contribution in [0.3, 0.4) is 0 Å². The van der Waals surface area contributed by atoms with Crippen LogP contribution < -0.4 is 0 Å².